The molecule has 2 amide bonds. The largest absolute Gasteiger partial charge is 0.324 e. The SMILES string of the molecule is CN(C(=O)N1Cc2ccccc2C1)c1ccccc1. The standard InChI is InChI=1S/C16H16N2O/c1-17(15-9-3-2-4-10-15)16(19)18-11-13-7-5-6-8-14(13)12-18/h2-10H,11-12H2,1H3. The Morgan fingerprint density at radius 1 is 0.947 bits per heavy atom. The number of carbonyl (C=O) groups is 1. The second-order valence-corrected chi connectivity index (χ2v) is 4.80. The number of rotatable bonds is 1. The summed E-state index contributed by atoms with van der Waals surface area (Å²) in [7, 11) is 1.82. The number of anilines is 1. The lowest BCUT2D eigenvalue weighted by atomic mass is 10.1. The first-order chi connectivity index (χ1) is 9.25. The van der Waals surface area contributed by atoms with E-state index in [9.17, 15) is 4.79 Å². The minimum atomic E-state index is 0.0439. The Hall–Kier alpha value is -2.29. The molecule has 2 aromatic carbocycles. The lowest BCUT2D eigenvalue weighted by molar-refractivity contribution is 0.206. The molecule has 0 fully saturated rings. The van der Waals surface area contributed by atoms with Crippen LogP contribution in [0.5, 0.6) is 0 Å². The summed E-state index contributed by atoms with van der Waals surface area (Å²) in [4.78, 5) is 16.0. The normalized spacial score (nSPS) is 13.2. The highest BCUT2D eigenvalue weighted by atomic mass is 16.2. The molecule has 96 valence electrons. The second-order valence-electron chi connectivity index (χ2n) is 4.80. The third-order valence-electron chi connectivity index (χ3n) is 3.54. The molecule has 3 nitrogen and oxygen atoms in total. The van der Waals surface area contributed by atoms with E-state index in [2.05, 4.69) is 12.1 Å². The van der Waals surface area contributed by atoms with Crippen LogP contribution in [0.1, 0.15) is 11.1 Å². The van der Waals surface area contributed by atoms with E-state index in [0.717, 1.165) is 5.69 Å². The van der Waals surface area contributed by atoms with Gasteiger partial charge in [0.1, 0.15) is 0 Å². The molecule has 0 saturated carbocycles. The summed E-state index contributed by atoms with van der Waals surface area (Å²) >= 11 is 0. The molecule has 3 heteroatoms. The Morgan fingerprint density at radius 2 is 1.47 bits per heavy atom. The number of hydrogen-bond acceptors (Lipinski definition) is 1. The smallest absolute Gasteiger partial charge is 0.316 e. The molecule has 19 heavy (non-hydrogen) atoms. The molecule has 0 aromatic heterocycles. The zero-order valence-electron chi connectivity index (χ0n) is 10.9. The van der Waals surface area contributed by atoms with E-state index in [-0.39, 0.29) is 6.03 Å². The van der Waals surface area contributed by atoms with Crippen molar-refractivity contribution in [3.05, 3.63) is 65.7 Å². The average molecular weight is 252 g/mol. The van der Waals surface area contributed by atoms with Crippen molar-refractivity contribution in [1.29, 1.82) is 0 Å². The molecule has 0 saturated heterocycles. The minimum Gasteiger partial charge on any atom is -0.316 e. The quantitative estimate of drug-likeness (QED) is 0.764. The lowest BCUT2D eigenvalue weighted by Gasteiger charge is -2.24. The first kappa shape index (κ1) is 11.8. The van der Waals surface area contributed by atoms with E-state index in [4.69, 9.17) is 0 Å². The third-order valence-corrected chi connectivity index (χ3v) is 3.54. The van der Waals surface area contributed by atoms with Crippen LogP contribution in [-0.2, 0) is 13.1 Å². The van der Waals surface area contributed by atoms with Gasteiger partial charge in [-0.25, -0.2) is 4.79 Å². The summed E-state index contributed by atoms with van der Waals surface area (Å²) < 4.78 is 0. The Morgan fingerprint density at radius 3 is 2.05 bits per heavy atom. The zero-order chi connectivity index (χ0) is 13.2. The molecule has 0 radical (unpaired) electrons. The highest BCUT2D eigenvalue weighted by Crippen LogP contribution is 2.24. The molecule has 0 unspecified atom stereocenters. The van der Waals surface area contributed by atoms with Crippen molar-refractivity contribution in [2.24, 2.45) is 0 Å². The topological polar surface area (TPSA) is 23.6 Å². The van der Waals surface area contributed by atoms with Gasteiger partial charge in [-0.3, -0.25) is 4.90 Å². The van der Waals surface area contributed by atoms with Gasteiger partial charge in [0.2, 0.25) is 0 Å². The minimum absolute atomic E-state index is 0.0439. The van der Waals surface area contributed by atoms with Gasteiger partial charge in [-0.05, 0) is 23.3 Å². The van der Waals surface area contributed by atoms with Crippen LogP contribution in [0, 0.1) is 0 Å². The first-order valence-electron chi connectivity index (χ1n) is 6.40. The molecular formula is C16H16N2O. The number of amides is 2. The van der Waals surface area contributed by atoms with Crippen molar-refractivity contribution < 1.29 is 4.79 Å². The first-order valence-corrected chi connectivity index (χ1v) is 6.40. The Labute approximate surface area is 113 Å². The molecule has 0 aliphatic carbocycles. The maximum absolute atomic E-state index is 12.5. The molecule has 3 rings (SSSR count). The summed E-state index contributed by atoms with van der Waals surface area (Å²) in [5, 5.41) is 0. The number of carbonyl (C=O) groups excluding carboxylic acids is 1. The van der Waals surface area contributed by atoms with Gasteiger partial charge in [0.25, 0.3) is 0 Å². The van der Waals surface area contributed by atoms with E-state index in [1.807, 2.05) is 54.4 Å². The summed E-state index contributed by atoms with van der Waals surface area (Å²) in [5.74, 6) is 0. The van der Waals surface area contributed by atoms with Crippen LogP contribution in [0.3, 0.4) is 0 Å². The van der Waals surface area contributed by atoms with Crippen LogP contribution >= 0.6 is 0 Å². The summed E-state index contributed by atoms with van der Waals surface area (Å²) in [6.45, 7) is 1.40. The Kier molecular flexibility index (Phi) is 2.95. The molecule has 2 aromatic rings. The van der Waals surface area contributed by atoms with Gasteiger partial charge >= 0.3 is 6.03 Å². The third kappa shape index (κ3) is 2.19. The van der Waals surface area contributed by atoms with Crippen LogP contribution in [0.25, 0.3) is 0 Å². The van der Waals surface area contributed by atoms with Gasteiger partial charge in [0.15, 0.2) is 0 Å². The second kappa shape index (κ2) is 4.76. The molecule has 0 spiro atoms. The van der Waals surface area contributed by atoms with Gasteiger partial charge in [-0.15, -0.1) is 0 Å². The van der Waals surface area contributed by atoms with Crippen molar-refractivity contribution in [2.45, 2.75) is 13.1 Å². The Bertz CT molecular complexity index is 570. The van der Waals surface area contributed by atoms with Crippen LogP contribution < -0.4 is 4.90 Å². The molecule has 0 N–H and O–H groups in total. The van der Waals surface area contributed by atoms with E-state index in [1.54, 1.807) is 4.90 Å². The van der Waals surface area contributed by atoms with Crippen LogP contribution in [0.4, 0.5) is 10.5 Å². The summed E-state index contributed by atoms with van der Waals surface area (Å²) in [6.07, 6.45) is 0. The van der Waals surface area contributed by atoms with Crippen molar-refractivity contribution >= 4 is 11.7 Å². The highest BCUT2D eigenvalue weighted by molar-refractivity contribution is 5.91. The number of nitrogens with zero attached hydrogens (tertiary/aromatic N) is 2. The van der Waals surface area contributed by atoms with Gasteiger partial charge < -0.3 is 4.90 Å². The number of hydrogen-bond donors (Lipinski definition) is 0. The van der Waals surface area contributed by atoms with Gasteiger partial charge in [-0.2, -0.15) is 0 Å². The fourth-order valence-corrected chi connectivity index (χ4v) is 2.44. The molecule has 1 aliphatic rings. The average Bonchev–Trinajstić information content (AvgIpc) is 2.90. The monoisotopic (exact) mass is 252 g/mol. The Balaban J connectivity index is 1.77. The van der Waals surface area contributed by atoms with Crippen LogP contribution in [-0.4, -0.2) is 18.0 Å². The number of urea groups is 1. The predicted octanol–water partition coefficient (Wildman–Crippen LogP) is 3.26. The van der Waals surface area contributed by atoms with Gasteiger partial charge in [-0.1, -0.05) is 42.5 Å². The van der Waals surface area contributed by atoms with Crippen molar-refractivity contribution in [3.63, 3.8) is 0 Å². The highest BCUT2D eigenvalue weighted by Gasteiger charge is 2.25. The lowest BCUT2D eigenvalue weighted by Crippen LogP contribution is -2.38. The van der Waals surface area contributed by atoms with E-state index in [0.29, 0.717) is 13.1 Å². The summed E-state index contributed by atoms with van der Waals surface area (Å²) in [5.41, 5.74) is 3.41. The molecule has 1 aliphatic heterocycles. The van der Waals surface area contributed by atoms with E-state index in [1.165, 1.54) is 11.1 Å². The predicted molar refractivity (Wildman–Crippen MR) is 75.9 cm³/mol. The van der Waals surface area contributed by atoms with Gasteiger partial charge in [0, 0.05) is 25.8 Å². The van der Waals surface area contributed by atoms with Gasteiger partial charge in [0.05, 0.1) is 0 Å². The molecular weight excluding hydrogens is 236 g/mol. The fraction of sp³-hybridized carbons (Fsp3) is 0.188. The maximum atomic E-state index is 12.5. The van der Waals surface area contributed by atoms with Crippen LogP contribution in [0.2, 0.25) is 0 Å². The fourth-order valence-electron chi connectivity index (χ4n) is 2.44. The van der Waals surface area contributed by atoms with Crippen LogP contribution in [0.15, 0.2) is 54.6 Å². The van der Waals surface area contributed by atoms with E-state index >= 15 is 0 Å². The molecule has 0 bridgehead atoms. The number of para-hydroxylation sites is 1. The van der Waals surface area contributed by atoms with Crippen molar-refractivity contribution in [1.82, 2.24) is 4.90 Å². The summed E-state index contributed by atoms with van der Waals surface area (Å²) in [6, 6.07) is 18.0. The zero-order valence-corrected chi connectivity index (χ0v) is 10.9. The molecule has 1 heterocycles. The number of benzene rings is 2. The molecule has 0 atom stereocenters. The number of fused-ring (bicyclic) bond motifs is 1. The maximum Gasteiger partial charge on any atom is 0.324 e. The van der Waals surface area contributed by atoms with Crippen molar-refractivity contribution in [2.75, 3.05) is 11.9 Å². The van der Waals surface area contributed by atoms with Crippen molar-refractivity contribution in [3.8, 4) is 0 Å². The van der Waals surface area contributed by atoms with E-state index < -0.39 is 0 Å².